The van der Waals surface area contributed by atoms with Gasteiger partial charge in [-0.1, -0.05) is 0 Å². The van der Waals surface area contributed by atoms with Crippen molar-refractivity contribution < 1.29 is 5.11 Å². The summed E-state index contributed by atoms with van der Waals surface area (Å²) >= 11 is 5.14. The van der Waals surface area contributed by atoms with Gasteiger partial charge >= 0.3 is 0 Å². The van der Waals surface area contributed by atoms with Crippen LogP contribution in [0.3, 0.4) is 0 Å². The molecule has 0 aromatic carbocycles. The van der Waals surface area contributed by atoms with Gasteiger partial charge < -0.3 is 15.3 Å². The molecule has 2 N–H and O–H groups in total. The maximum absolute atomic E-state index is 9.88. The van der Waals surface area contributed by atoms with Gasteiger partial charge in [-0.25, -0.2) is 0 Å². The fraction of sp³-hybridized carbons (Fsp3) is 0.667. The Bertz CT molecular complexity index is 339. The summed E-state index contributed by atoms with van der Waals surface area (Å²) in [6, 6.07) is 2.12. The van der Waals surface area contributed by atoms with Crippen molar-refractivity contribution >= 4 is 27.3 Å². The van der Waals surface area contributed by atoms with Gasteiger partial charge in [0.15, 0.2) is 0 Å². The molecule has 5 heteroatoms. The molecule has 0 radical (unpaired) electrons. The molecule has 3 nitrogen and oxygen atoms in total. The first-order valence-corrected chi connectivity index (χ1v) is 7.75. The van der Waals surface area contributed by atoms with Gasteiger partial charge in [0.25, 0.3) is 0 Å². The van der Waals surface area contributed by atoms with Crippen LogP contribution in [-0.4, -0.2) is 42.3 Å². The number of halogens is 1. The molecule has 1 aromatic rings. The molecule has 1 atom stereocenters. The van der Waals surface area contributed by atoms with E-state index in [1.165, 1.54) is 18.4 Å². The molecule has 0 aliphatic carbocycles. The van der Waals surface area contributed by atoms with Crippen molar-refractivity contribution in [2.75, 3.05) is 26.2 Å². The van der Waals surface area contributed by atoms with Crippen molar-refractivity contribution in [3.05, 3.63) is 20.8 Å². The molecule has 0 bridgehead atoms. The number of rotatable bonds is 6. The summed E-state index contributed by atoms with van der Waals surface area (Å²) in [6.45, 7) is 4.60. The first-order chi connectivity index (χ1) is 8.24. The van der Waals surface area contributed by atoms with E-state index in [9.17, 15) is 5.11 Å². The highest BCUT2D eigenvalue weighted by molar-refractivity contribution is 9.11. The number of hydrogen-bond donors (Lipinski definition) is 2. The van der Waals surface area contributed by atoms with Crippen molar-refractivity contribution in [1.82, 2.24) is 10.2 Å². The number of aliphatic hydroxyl groups excluding tert-OH is 1. The van der Waals surface area contributed by atoms with Gasteiger partial charge in [0.1, 0.15) is 0 Å². The molecule has 0 spiro atoms. The molecule has 1 saturated heterocycles. The summed E-state index contributed by atoms with van der Waals surface area (Å²) < 4.78 is 1.16. The van der Waals surface area contributed by atoms with Crippen LogP contribution in [0.4, 0.5) is 0 Å². The van der Waals surface area contributed by atoms with Crippen LogP contribution in [0.15, 0.2) is 15.2 Å². The number of hydrogen-bond acceptors (Lipinski definition) is 4. The van der Waals surface area contributed by atoms with E-state index in [4.69, 9.17) is 0 Å². The van der Waals surface area contributed by atoms with Crippen LogP contribution in [0.25, 0.3) is 0 Å². The lowest BCUT2D eigenvalue weighted by Gasteiger charge is -2.19. The minimum Gasteiger partial charge on any atom is -0.390 e. The van der Waals surface area contributed by atoms with E-state index >= 15 is 0 Å². The zero-order chi connectivity index (χ0) is 12.1. The lowest BCUT2D eigenvalue weighted by atomic mass is 10.3. The Kier molecular flexibility index (Phi) is 5.44. The van der Waals surface area contributed by atoms with Gasteiger partial charge in [-0.05, 0) is 58.9 Å². The Morgan fingerprint density at radius 1 is 1.47 bits per heavy atom. The molecular formula is C12H19BrN2OS. The predicted octanol–water partition coefficient (Wildman–Crippen LogP) is 2.06. The number of nitrogens with zero attached hydrogens (tertiary/aromatic N) is 1. The van der Waals surface area contributed by atoms with E-state index in [1.54, 1.807) is 11.3 Å². The van der Waals surface area contributed by atoms with Crippen molar-refractivity contribution in [2.45, 2.75) is 25.5 Å². The minimum absolute atomic E-state index is 0.254. The second-order valence-corrected chi connectivity index (χ2v) is 6.84. The predicted molar refractivity (Wildman–Crippen MR) is 75.4 cm³/mol. The molecule has 0 amide bonds. The van der Waals surface area contributed by atoms with E-state index in [1.807, 2.05) is 0 Å². The zero-order valence-electron chi connectivity index (χ0n) is 9.86. The third-order valence-electron chi connectivity index (χ3n) is 3.00. The van der Waals surface area contributed by atoms with Crippen LogP contribution < -0.4 is 5.32 Å². The highest BCUT2D eigenvalue weighted by atomic mass is 79.9. The molecule has 1 fully saturated rings. The SMILES string of the molecule is OC(CNCc1csc(Br)c1)CN1CCCC1. The van der Waals surface area contributed by atoms with Gasteiger partial charge in [0, 0.05) is 19.6 Å². The molecule has 96 valence electrons. The van der Waals surface area contributed by atoms with Crippen LogP contribution in [0.2, 0.25) is 0 Å². The average Bonchev–Trinajstić information content (AvgIpc) is 2.90. The van der Waals surface area contributed by atoms with Crippen LogP contribution >= 0.6 is 27.3 Å². The first kappa shape index (κ1) is 13.5. The Hall–Kier alpha value is 0.0600. The Morgan fingerprint density at radius 3 is 2.88 bits per heavy atom. The van der Waals surface area contributed by atoms with Crippen LogP contribution in [0.5, 0.6) is 0 Å². The van der Waals surface area contributed by atoms with Crippen molar-refractivity contribution in [1.29, 1.82) is 0 Å². The zero-order valence-corrected chi connectivity index (χ0v) is 12.3. The third kappa shape index (κ3) is 4.67. The monoisotopic (exact) mass is 318 g/mol. The van der Waals surface area contributed by atoms with Gasteiger partial charge in [-0.15, -0.1) is 11.3 Å². The molecule has 1 unspecified atom stereocenters. The molecule has 1 aliphatic heterocycles. The highest BCUT2D eigenvalue weighted by Crippen LogP contribution is 2.20. The molecule has 0 saturated carbocycles. The van der Waals surface area contributed by atoms with Crippen LogP contribution in [0.1, 0.15) is 18.4 Å². The molecule has 17 heavy (non-hydrogen) atoms. The van der Waals surface area contributed by atoms with Gasteiger partial charge in [-0.2, -0.15) is 0 Å². The molecule has 1 aromatic heterocycles. The fourth-order valence-electron chi connectivity index (χ4n) is 2.15. The van der Waals surface area contributed by atoms with Gasteiger partial charge in [-0.3, -0.25) is 0 Å². The molecule has 2 heterocycles. The van der Waals surface area contributed by atoms with Crippen molar-refractivity contribution in [3.63, 3.8) is 0 Å². The summed E-state index contributed by atoms with van der Waals surface area (Å²) in [4.78, 5) is 2.34. The number of likely N-dealkylation sites (tertiary alicyclic amines) is 1. The lowest BCUT2D eigenvalue weighted by Crippen LogP contribution is -2.36. The van der Waals surface area contributed by atoms with E-state index in [0.29, 0.717) is 6.54 Å². The first-order valence-electron chi connectivity index (χ1n) is 6.08. The number of aliphatic hydroxyl groups is 1. The average molecular weight is 319 g/mol. The molecule has 1 aliphatic rings. The topological polar surface area (TPSA) is 35.5 Å². The van der Waals surface area contributed by atoms with Crippen molar-refractivity contribution in [3.8, 4) is 0 Å². The smallest absolute Gasteiger partial charge is 0.0791 e. The third-order valence-corrected chi connectivity index (χ3v) is 4.55. The molecule has 2 rings (SSSR count). The minimum atomic E-state index is -0.254. The number of nitrogens with one attached hydrogen (secondary N) is 1. The standard InChI is InChI=1S/C12H19BrN2OS/c13-12-5-10(9-17-12)6-14-7-11(16)8-15-3-1-2-4-15/h5,9,11,14,16H,1-4,6-8H2. The second kappa shape index (κ2) is 6.85. The Morgan fingerprint density at radius 2 is 2.24 bits per heavy atom. The Balaban J connectivity index is 1.60. The van der Waals surface area contributed by atoms with Gasteiger partial charge in [0.2, 0.25) is 0 Å². The van der Waals surface area contributed by atoms with Crippen LogP contribution in [0, 0.1) is 0 Å². The van der Waals surface area contributed by atoms with Crippen LogP contribution in [-0.2, 0) is 6.54 Å². The van der Waals surface area contributed by atoms with E-state index in [2.05, 4.69) is 37.6 Å². The maximum atomic E-state index is 9.88. The van der Waals surface area contributed by atoms with Crippen molar-refractivity contribution in [2.24, 2.45) is 0 Å². The lowest BCUT2D eigenvalue weighted by molar-refractivity contribution is 0.123. The fourth-order valence-corrected chi connectivity index (χ4v) is 3.36. The van der Waals surface area contributed by atoms with E-state index in [-0.39, 0.29) is 6.10 Å². The summed E-state index contributed by atoms with van der Waals surface area (Å²) in [5.74, 6) is 0. The van der Waals surface area contributed by atoms with E-state index < -0.39 is 0 Å². The second-order valence-electron chi connectivity index (χ2n) is 4.55. The number of thiophene rings is 1. The summed E-state index contributed by atoms with van der Waals surface area (Å²) in [6.07, 6.45) is 2.31. The largest absolute Gasteiger partial charge is 0.390 e. The Labute approximate surface area is 115 Å². The summed E-state index contributed by atoms with van der Waals surface area (Å²) in [5.41, 5.74) is 1.27. The van der Waals surface area contributed by atoms with Gasteiger partial charge in [0.05, 0.1) is 9.89 Å². The summed E-state index contributed by atoms with van der Waals surface area (Å²) in [7, 11) is 0. The number of β-amino-alcohol motifs (C(OH)–C–C–N with tert-alkyl or cyclic N) is 1. The normalized spacial score (nSPS) is 18.7. The summed E-state index contributed by atoms with van der Waals surface area (Å²) in [5, 5.41) is 15.3. The maximum Gasteiger partial charge on any atom is 0.0791 e. The highest BCUT2D eigenvalue weighted by Gasteiger charge is 2.15. The van der Waals surface area contributed by atoms with E-state index in [0.717, 1.165) is 30.0 Å². The quantitative estimate of drug-likeness (QED) is 0.842. The molecular weight excluding hydrogens is 300 g/mol.